The number of aliphatic carboxylic acids is 1. The summed E-state index contributed by atoms with van der Waals surface area (Å²) in [6, 6.07) is 10.9. The number of carbonyl (C=O) groups excluding carboxylic acids is 3. The van der Waals surface area contributed by atoms with Crippen LogP contribution in [0.15, 0.2) is 47.4 Å². The molecule has 2 amide bonds. The number of methoxy groups -OCH3 is 1. The number of carbonyl (C=O) groups is 4. The van der Waals surface area contributed by atoms with E-state index in [1.165, 1.54) is 25.3 Å². The lowest BCUT2D eigenvalue weighted by Gasteiger charge is -2.13. The van der Waals surface area contributed by atoms with E-state index in [1.54, 1.807) is 30.3 Å². The molecule has 1 aliphatic rings. The van der Waals surface area contributed by atoms with Gasteiger partial charge in [-0.05, 0) is 48.2 Å². The molecule has 2 aromatic carbocycles. The number of para-hydroxylation sites is 1. The van der Waals surface area contributed by atoms with Gasteiger partial charge in [0.15, 0.2) is 23.9 Å². The molecule has 3 rings (SSSR count). The topological polar surface area (TPSA) is 110 Å². The second-order valence-electron chi connectivity index (χ2n) is 6.26. The van der Waals surface area contributed by atoms with Crippen molar-refractivity contribution < 1.29 is 33.8 Å². The average Bonchev–Trinajstić information content (AvgIpc) is 3.00. The summed E-state index contributed by atoms with van der Waals surface area (Å²) in [5.74, 6) is -1.84. The molecule has 0 saturated carbocycles. The maximum atomic E-state index is 12.7. The van der Waals surface area contributed by atoms with E-state index < -0.39 is 36.1 Å². The largest absolute Gasteiger partial charge is 0.493 e. The van der Waals surface area contributed by atoms with Gasteiger partial charge in [0.25, 0.3) is 11.1 Å². The van der Waals surface area contributed by atoms with Crippen molar-refractivity contribution in [2.75, 3.05) is 20.3 Å². The van der Waals surface area contributed by atoms with Crippen molar-refractivity contribution in [2.45, 2.75) is 0 Å². The number of rotatable bonds is 8. The fourth-order valence-corrected chi connectivity index (χ4v) is 3.70. The molecule has 1 N–H and O–H groups in total. The number of ether oxygens (including phenoxy) is 2. The molecule has 1 saturated heterocycles. The van der Waals surface area contributed by atoms with Gasteiger partial charge in [-0.1, -0.05) is 23.7 Å². The van der Waals surface area contributed by atoms with Gasteiger partial charge in [0.05, 0.1) is 18.6 Å². The average molecular weight is 462 g/mol. The van der Waals surface area contributed by atoms with Crippen molar-refractivity contribution in [1.82, 2.24) is 4.90 Å². The number of nitrogens with zero attached hydrogens (tertiary/aromatic N) is 1. The van der Waals surface area contributed by atoms with Crippen LogP contribution < -0.4 is 9.47 Å². The Morgan fingerprint density at radius 2 is 1.87 bits per heavy atom. The van der Waals surface area contributed by atoms with Crippen LogP contribution in [-0.4, -0.2) is 53.2 Å². The molecule has 0 bridgehead atoms. The van der Waals surface area contributed by atoms with Gasteiger partial charge < -0.3 is 14.6 Å². The Kier molecular flexibility index (Phi) is 6.98. The van der Waals surface area contributed by atoms with Crippen molar-refractivity contribution in [3.8, 4) is 11.5 Å². The molecule has 10 heteroatoms. The molecule has 31 heavy (non-hydrogen) atoms. The molecule has 160 valence electrons. The zero-order valence-corrected chi connectivity index (χ0v) is 17.7. The third-order valence-corrected chi connectivity index (χ3v) is 5.36. The first-order valence-corrected chi connectivity index (χ1v) is 10.1. The number of ketones is 1. The van der Waals surface area contributed by atoms with Crippen LogP contribution >= 0.6 is 23.4 Å². The van der Waals surface area contributed by atoms with Crippen LogP contribution in [-0.2, 0) is 9.59 Å². The fourth-order valence-electron chi connectivity index (χ4n) is 2.74. The lowest BCUT2D eigenvalue weighted by molar-refractivity contribution is -0.139. The monoisotopic (exact) mass is 461 g/mol. The molecule has 0 aliphatic carbocycles. The van der Waals surface area contributed by atoms with Gasteiger partial charge in [0.2, 0.25) is 0 Å². The van der Waals surface area contributed by atoms with Crippen molar-refractivity contribution >= 4 is 52.3 Å². The first-order valence-electron chi connectivity index (χ1n) is 8.86. The molecular weight excluding hydrogens is 446 g/mol. The number of carboxylic acids is 1. The smallest absolute Gasteiger partial charge is 0.341 e. The summed E-state index contributed by atoms with van der Waals surface area (Å²) in [5.41, 5.74) is 0.680. The van der Waals surface area contributed by atoms with E-state index in [2.05, 4.69) is 0 Å². The quantitative estimate of drug-likeness (QED) is 0.467. The van der Waals surface area contributed by atoms with Gasteiger partial charge in [0.1, 0.15) is 0 Å². The number of hydrogen-bond acceptors (Lipinski definition) is 7. The van der Waals surface area contributed by atoms with Crippen molar-refractivity contribution in [3.63, 3.8) is 0 Å². The highest BCUT2D eigenvalue weighted by atomic mass is 35.5. The molecule has 2 aromatic rings. The van der Waals surface area contributed by atoms with Gasteiger partial charge >= 0.3 is 5.97 Å². The first kappa shape index (κ1) is 22.4. The Morgan fingerprint density at radius 3 is 2.52 bits per heavy atom. The highest BCUT2D eigenvalue weighted by Gasteiger charge is 2.36. The second-order valence-corrected chi connectivity index (χ2v) is 7.69. The number of imide groups is 1. The third kappa shape index (κ3) is 5.25. The number of halogens is 1. The molecule has 8 nitrogen and oxygen atoms in total. The number of carboxylic acid groups (broad SMARTS) is 1. The van der Waals surface area contributed by atoms with Crippen LogP contribution in [0.25, 0.3) is 6.08 Å². The van der Waals surface area contributed by atoms with Crippen molar-refractivity contribution in [2.24, 2.45) is 0 Å². The van der Waals surface area contributed by atoms with Gasteiger partial charge in [-0.3, -0.25) is 19.3 Å². The number of amides is 2. The summed E-state index contributed by atoms with van der Waals surface area (Å²) in [6.07, 6.45) is 1.40. The van der Waals surface area contributed by atoms with Crippen molar-refractivity contribution in [3.05, 3.63) is 63.5 Å². The number of hydrogen-bond donors (Lipinski definition) is 1. The third-order valence-electron chi connectivity index (χ3n) is 4.20. The Balaban J connectivity index is 1.84. The Morgan fingerprint density at radius 1 is 1.16 bits per heavy atom. The standard InChI is InChI=1S/C21H16ClNO7S/c1-29-16-4-2-3-13(19(16)30-11-18(25)26)9-17-20(27)23(21(28)31-17)10-15(24)12-5-7-14(22)8-6-12/h2-9H,10-11H2,1H3,(H,25,26)/b17-9+. The van der Waals surface area contributed by atoms with E-state index in [0.717, 1.165) is 4.90 Å². The lowest BCUT2D eigenvalue weighted by Crippen LogP contribution is -2.33. The highest BCUT2D eigenvalue weighted by Crippen LogP contribution is 2.37. The summed E-state index contributed by atoms with van der Waals surface area (Å²) in [5, 5.41) is 8.76. The maximum absolute atomic E-state index is 12.7. The van der Waals surface area contributed by atoms with E-state index >= 15 is 0 Å². The van der Waals surface area contributed by atoms with Crippen LogP contribution in [0.2, 0.25) is 5.02 Å². The highest BCUT2D eigenvalue weighted by molar-refractivity contribution is 8.18. The molecule has 0 radical (unpaired) electrons. The molecule has 1 aliphatic heterocycles. The predicted molar refractivity (Wildman–Crippen MR) is 115 cm³/mol. The Labute approximate surface area is 186 Å². The van der Waals surface area contributed by atoms with Crippen LogP contribution in [0.5, 0.6) is 11.5 Å². The lowest BCUT2D eigenvalue weighted by atomic mass is 10.1. The van der Waals surface area contributed by atoms with E-state index in [1.807, 2.05) is 0 Å². The zero-order valence-electron chi connectivity index (χ0n) is 16.2. The van der Waals surface area contributed by atoms with Crippen molar-refractivity contribution in [1.29, 1.82) is 0 Å². The molecule has 0 aromatic heterocycles. The van der Waals surface area contributed by atoms with E-state index in [4.69, 9.17) is 26.2 Å². The minimum Gasteiger partial charge on any atom is -0.493 e. The summed E-state index contributed by atoms with van der Waals surface area (Å²) < 4.78 is 10.5. The van der Waals surface area contributed by atoms with Gasteiger partial charge in [-0.15, -0.1) is 0 Å². The minimum atomic E-state index is -1.18. The van der Waals surface area contributed by atoms with Gasteiger partial charge in [-0.25, -0.2) is 4.79 Å². The maximum Gasteiger partial charge on any atom is 0.341 e. The fraction of sp³-hybridized carbons (Fsp3) is 0.143. The number of Topliss-reactive ketones (excluding diaryl/α,β-unsaturated/α-hetero) is 1. The normalized spacial score (nSPS) is 14.8. The van der Waals surface area contributed by atoms with Gasteiger partial charge in [0, 0.05) is 16.1 Å². The Bertz CT molecular complexity index is 1080. The van der Waals surface area contributed by atoms with E-state index in [9.17, 15) is 19.2 Å². The number of benzene rings is 2. The van der Waals surface area contributed by atoms with Gasteiger partial charge in [-0.2, -0.15) is 0 Å². The summed E-state index contributed by atoms with van der Waals surface area (Å²) in [4.78, 5) is 49.3. The summed E-state index contributed by atoms with van der Waals surface area (Å²) >= 11 is 6.49. The summed E-state index contributed by atoms with van der Waals surface area (Å²) in [6.45, 7) is -1.03. The van der Waals surface area contributed by atoms with E-state index in [0.29, 0.717) is 27.9 Å². The van der Waals surface area contributed by atoms with E-state index in [-0.39, 0.29) is 16.4 Å². The molecule has 0 spiro atoms. The molecule has 1 heterocycles. The molecule has 1 fully saturated rings. The number of thioether (sulfide) groups is 1. The van der Waals surface area contributed by atoms with Crippen LogP contribution in [0, 0.1) is 0 Å². The molecule has 0 unspecified atom stereocenters. The zero-order chi connectivity index (χ0) is 22.5. The van der Waals surface area contributed by atoms with Crippen LogP contribution in [0.4, 0.5) is 4.79 Å². The van der Waals surface area contributed by atoms with Crippen LogP contribution in [0.3, 0.4) is 0 Å². The molecule has 0 atom stereocenters. The minimum absolute atomic E-state index is 0.0716. The SMILES string of the molecule is COc1cccc(/C=C2/SC(=O)N(CC(=O)c3ccc(Cl)cc3)C2=O)c1OCC(=O)O. The van der Waals surface area contributed by atoms with Crippen LogP contribution in [0.1, 0.15) is 15.9 Å². The summed E-state index contributed by atoms with van der Waals surface area (Å²) in [7, 11) is 1.39. The Hall–Kier alpha value is -3.30. The predicted octanol–water partition coefficient (Wildman–Crippen LogP) is 3.73. The second kappa shape index (κ2) is 9.67. The molecular formula is C21H16ClNO7S. The first-order chi connectivity index (χ1) is 14.8.